The van der Waals surface area contributed by atoms with Crippen LogP contribution in [0.3, 0.4) is 0 Å². The number of carbonyl (C=O) groups excluding carboxylic acids is 2. The van der Waals surface area contributed by atoms with Crippen molar-refractivity contribution in [2.45, 2.75) is 13.0 Å². The molecule has 1 saturated heterocycles. The summed E-state index contributed by atoms with van der Waals surface area (Å²) in [5.74, 6) is -8.23. The van der Waals surface area contributed by atoms with Crippen LogP contribution in [0.4, 0.5) is 18.9 Å². The summed E-state index contributed by atoms with van der Waals surface area (Å²) in [5, 5.41) is 13.1. The first-order chi connectivity index (χ1) is 12.7. The number of hydrogen-bond acceptors (Lipinski definition) is 7. The smallest absolute Gasteiger partial charge is 0.340 e. The second-order valence-electron chi connectivity index (χ2n) is 6.12. The van der Waals surface area contributed by atoms with Gasteiger partial charge in [0.15, 0.2) is 17.5 Å². The summed E-state index contributed by atoms with van der Waals surface area (Å²) in [4.78, 5) is 24.7. The zero-order valence-corrected chi connectivity index (χ0v) is 14.8. The van der Waals surface area contributed by atoms with Crippen molar-refractivity contribution in [1.82, 2.24) is 5.01 Å². The molecule has 7 nitrogen and oxygen atoms in total. The van der Waals surface area contributed by atoms with E-state index in [0.29, 0.717) is 6.07 Å². The summed E-state index contributed by atoms with van der Waals surface area (Å²) in [6, 6.07) is -0.606. The first-order valence-corrected chi connectivity index (χ1v) is 8.10. The van der Waals surface area contributed by atoms with Gasteiger partial charge in [0.2, 0.25) is 0 Å². The highest BCUT2D eigenvalue weighted by molar-refractivity contribution is 6.02. The monoisotopic (exact) mass is 386 g/mol. The Kier molecular flexibility index (Phi) is 4.77. The number of anilines is 1. The number of ether oxygens (including phenoxy) is 2. The lowest BCUT2D eigenvalue weighted by atomic mass is 9.87. The number of aliphatic hydroxyl groups excluding tert-OH is 1. The van der Waals surface area contributed by atoms with Gasteiger partial charge in [-0.1, -0.05) is 0 Å². The fourth-order valence-electron chi connectivity index (χ4n) is 3.54. The Labute approximate surface area is 152 Å². The van der Waals surface area contributed by atoms with Crippen molar-refractivity contribution in [3.05, 3.63) is 34.7 Å². The van der Waals surface area contributed by atoms with E-state index in [1.54, 1.807) is 0 Å². The molecular formula is C17H17F3N2O5. The van der Waals surface area contributed by atoms with Crippen molar-refractivity contribution in [3.63, 3.8) is 0 Å². The van der Waals surface area contributed by atoms with Gasteiger partial charge >= 0.3 is 11.9 Å². The highest BCUT2D eigenvalue weighted by atomic mass is 19.2. The molecule has 2 atom stereocenters. The van der Waals surface area contributed by atoms with Crippen LogP contribution in [-0.2, 0) is 19.1 Å². The van der Waals surface area contributed by atoms with Crippen LogP contribution in [0.25, 0.3) is 5.76 Å². The molecule has 27 heavy (non-hydrogen) atoms. The predicted octanol–water partition coefficient (Wildman–Crippen LogP) is 1.77. The number of methoxy groups -OCH3 is 1. The molecule has 2 aliphatic rings. The van der Waals surface area contributed by atoms with Gasteiger partial charge in [-0.3, -0.25) is 9.80 Å². The quantitative estimate of drug-likeness (QED) is 0.627. The molecule has 3 rings (SSSR count). The zero-order valence-electron chi connectivity index (χ0n) is 14.8. The van der Waals surface area contributed by atoms with Crippen molar-refractivity contribution in [2.75, 3.05) is 32.3 Å². The number of aliphatic hydroxyl groups is 1. The lowest BCUT2D eigenvalue weighted by Crippen LogP contribution is -2.47. The Morgan fingerprint density at radius 1 is 1.30 bits per heavy atom. The van der Waals surface area contributed by atoms with E-state index in [9.17, 15) is 27.9 Å². The molecule has 0 bridgehead atoms. The second kappa shape index (κ2) is 6.76. The third-order valence-electron chi connectivity index (χ3n) is 4.64. The van der Waals surface area contributed by atoms with E-state index in [4.69, 9.17) is 9.47 Å². The maximum Gasteiger partial charge on any atom is 0.340 e. The molecular weight excluding hydrogens is 369 g/mol. The number of hydrazine groups is 1. The molecule has 146 valence electrons. The molecule has 0 aliphatic carbocycles. The average molecular weight is 386 g/mol. The minimum absolute atomic E-state index is 0.00853. The van der Waals surface area contributed by atoms with Crippen molar-refractivity contribution in [3.8, 4) is 0 Å². The van der Waals surface area contributed by atoms with Gasteiger partial charge in [0, 0.05) is 19.2 Å². The molecule has 10 heteroatoms. The Morgan fingerprint density at radius 3 is 2.56 bits per heavy atom. The molecule has 0 unspecified atom stereocenters. The highest BCUT2D eigenvalue weighted by Crippen LogP contribution is 2.46. The summed E-state index contributed by atoms with van der Waals surface area (Å²) in [5.41, 5.74) is -1.24. The average Bonchev–Trinajstić information content (AvgIpc) is 2.96. The number of nitrogens with zero attached hydrogens (tertiary/aromatic N) is 2. The van der Waals surface area contributed by atoms with Crippen LogP contribution in [0.1, 0.15) is 12.5 Å². The first-order valence-electron chi connectivity index (χ1n) is 8.10. The topological polar surface area (TPSA) is 79.3 Å². The van der Waals surface area contributed by atoms with Gasteiger partial charge in [-0.25, -0.2) is 23.0 Å². The number of carbonyl (C=O) groups is 2. The summed E-state index contributed by atoms with van der Waals surface area (Å²) in [6.45, 7) is 1.50. The van der Waals surface area contributed by atoms with Gasteiger partial charge in [-0.05, 0) is 13.0 Å². The lowest BCUT2D eigenvalue weighted by Gasteiger charge is -2.38. The van der Waals surface area contributed by atoms with E-state index in [1.807, 2.05) is 0 Å². The van der Waals surface area contributed by atoms with Gasteiger partial charge in [0.1, 0.15) is 17.0 Å². The number of fused-ring (bicyclic) bond motifs is 3. The van der Waals surface area contributed by atoms with Crippen LogP contribution >= 0.6 is 0 Å². The number of esters is 2. The molecule has 1 aromatic rings. The second-order valence-corrected chi connectivity index (χ2v) is 6.12. The third-order valence-corrected chi connectivity index (χ3v) is 4.64. The Balaban J connectivity index is 2.31. The standard InChI is InChI=1S/C17H17F3N2O5/c1-4-27-17(25)10-13-8(16(24)26-3)6-21(2)22(13)14-7(15(10)23)5-9(18)11(19)12(14)20/h5,8,13,23H,4,6H2,1-3H3/t8-,13+/m0/s1. The molecule has 0 saturated carbocycles. The Bertz CT molecular complexity index is 857. The molecule has 1 aromatic carbocycles. The fourth-order valence-corrected chi connectivity index (χ4v) is 3.54. The summed E-state index contributed by atoms with van der Waals surface area (Å²) in [7, 11) is 2.62. The molecule has 0 spiro atoms. The van der Waals surface area contributed by atoms with Crippen LogP contribution in [0, 0.1) is 23.4 Å². The molecule has 0 radical (unpaired) electrons. The van der Waals surface area contributed by atoms with E-state index in [0.717, 1.165) is 12.1 Å². The molecule has 1 fully saturated rings. The summed E-state index contributed by atoms with van der Waals surface area (Å²) < 4.78 is 51.8. The van der Waals surface area contributed by atoms with Crippen molar-refractivity contribution in [1.29, 1.82) is 0 Å². The SMILES string of the molecule is CCOC(=O)C1=C(O)c2cc(F)c(F)c(F)c2N2[C@@H]1[C@@H](C(=O)OC)CN2C. The van der Waals surface area contributed by atoms with Crippen molar-refractivity contribution >= 4 is 23.4 Å². The van der Waals surface area contributed by atoms with Crippen molar-refractivity contribution in [2.24, 2.45) is 5.92 Å². The van der Waals surface area contributed by atoms with Gasteiger partial charge in [0.25, 0.3) is 0 Å². The first kappa shape index (κ1) is 19.0. The van der Waals surface area contributed by atoms with Crippen LogP contribution in [0.2, 0.25) is 0 Å². The minimum atomic E-state index is -1.73. The molecule has 1 N–H and O–H groups in total. The summed E-state index contributed by atoms with van der Waals surface area (Å²) in [6.07, 6.45) is 0. The number of halogens is 3. The van der Waals surface area contributed by atoms with E-state index in [2.05, 4.69) is 0 Å². The largest absolute Gasteiger partial charge is 0.507 e. The van der Waals surface area contributed by atoms with Crippen molar-refractivity contribution < 1.29 is 37.3 Å². The number of rotatable bonds is 3. The van der Waals surface area contributed by atoms with Crippen LogP contribution < -0.4 is 5.01 Å². The number of hydrogen-bond donors (Lipinski definition) is 1. The minimum Gasteiger partial charge on any atom is -0.507 e. The molecule has 2 heterocycles. The van der Waals surface area contributed by atoms with E-state index in [1.165, 1.54) is 19.0 Å². The van der Waals surface area contributed by atoms with Gasteiger partial charge < -0.3 is 14.6 Å². The Morgan fingerprint density at radius 2 is 1.96 bits per heavy atom. The molecule has 2 aliphatic heterocycles. The third kappa shape index (κ3) is 2.71. The maximum atomic E-state index is 14.6. The van der Waals surface area contributed by atoms with E-state index >= 15 is 0 Å². The fraction of sp³-hybridized carbons (Fsp3) is 0.412. The van der Waals surface area contributed by atoms with Crippen LogP contribution in [-0.4, -0.2) is 55.4 Å². The normalized spacial score (nSPS) is 21.8. The lowest BCUT2D eigenvalue weighted by molar-refractivity contribution is -0.145. The maximum absolute atomic E-state index is 14.6. The Hall–Kier alpha value is -2.75. The molecule has 0 amide bonds. The predicted molar refractivity (Wildman–Crippen MR) is 86.9 cm³/mol. The van der Waals surface area contributed by atoms with Gasteiger partial charge in [-0.15, -0.1) is 0 Å². The molecule has 0 aromatic heterocycles. The van der Waals surface area contributed by atoms with Gasteiger partial charge in [0.05, 0.1) is 25.7 Å². The highest BCUT2D eigenvalue weighted by Gasteiger charge is 2.53. The number of benzene rings is 1. The summed E-state index contributed by atoms with van der Waals surface area (Å²) >= 11 is 0. The van der Waals surface area contributed by atoms with Crippen LogP contribution in [0.5, 0.6) is 0 Å². The van der Waals surface area contributed by atoms with Gasteiger partial charge in [-0.2, -0.15) is 0 Å². The van der Waals surface area contributed by atoms with E-state index in [-0.39, 0.29) is 18.7 Å². The van der Waals surface area contributed by atoms with Crippen LogP contribution in [0.15, 0.2) is 11.6 Å². The zero-order chi connectivity index (χ0) is 20.0. The van der Waals surface area contributed by atoms with E-state index < -0.39 is 58.4 Å².